The Kier molecular flexibility index (Phi) is 5.15. The van der Waals surface area contributed by atoms with Crippen molar-refractivity contribution in [2.24, 2.45) is 10.9 Å². The van der Waals surface area contributed by atoms with E-state index in [1.54, 1.807) is 0 Å². The van der Waals surface area contributed by atoms with Crippen molar-refractivity contribution in [1.29, 1.82) is 0 Å². The Labute approximate surface area is 131 Å². The number of hydrogen-bond donors (Lipinski definition) is 1. The van der Waals surface area contributed by atoms with E-state index in [1.807, 2.05) is 18.2 Å². The molecule has 1 aromatic rings. The van der Waals surface area contributed by atoms with Gasteiger partial charge in [0.25, 0.3) is 0 Å². The van der Waals surface area contributed by atoms with Gasteiger partial charge in [0.05, 0.1) is 24.0 Å². The van der Waals surface area contributed by atoms with Crippen LogP contribution in [0.25, 0.3) is 0 Å². The summed E-state index contributed by atoms with van der Waals surface area (Å²) in [6.07, 6.45) is 8.01. The van der Waals surface area contributed by atoms with E-state index >= 15 is 0 Å². The Hall–Kier alpha value is -1.06. The van der Waals surface area contributed by atoms with Gasteiger partial charge in [-0.1, -0.05) is 49.8 Å². The maximum Gasteiger partial charge on any atom is 0.146 e. The van der Waals surface area contributed by atoms with Crippen molar-refractivity contribution in [2.45, 2.75) is 38.5 Å². The third-order valence-electron chi connectivity index (χ3n) is 4.45. The van der Waals surface area contributed by atoms with E-state index in [0.717, 1.165) is 42.5 Å². The summed E-state index contributed by atoms with van der Waals surface area (Å²) in [5.41, 5.74) is 2.08. The van der Waals surface area contributed by atoms with Crippen LogP contribution in [0, 0.1) is 5.92 Å². The maximum atomic E-state index is 6.33. The van der Waals surface area contributed by atoms with E-state index in [9.17, 15) is 0 Å². The Morgan fingerprint density at radius 2 is 2.10 bits per heavy atom. The molecule has 21 heavy (non-hydrogen) atoms. The third kappa shape index (κ3) is 3.78. The highest BCUT2D eigenvalue weighted by Crippen LogP contribution is 2.31. The summed E-state index contributed by atoms with van der Waals surface area (Å²) in [6.45, 7) is 2.23. The number of nitrogens with one attached hydrogen (secondary N) is 1. The van der Waals surface area contributed by atoms with E-state index < -0.39 is 0 Å². The molecule has 0 radical (unpaired) electrons. The first-order valence-corrected chi connectivity index (χ1v) is 8.38. The molecule has 1 fully saturated rings. The first-order valence-electron chi connectivity index (χ1n) is 8.00. The SMILES string of the molecule is Clc1cccc(C2=NCNC2)c1OCCC1CCCCC1. The van der Waals surface area contributed by atoms with Crippen LogP contribution < -0.4 is 10.1 Å². The lowest BCUT2D eigenvalue weighted by atomic mass is 9.87. The Morgan fingerprint density at radius 1 is 1.24 bits per heavy atom. The number of aliphatic imine (C=N–C) groups is 1. The Morgan fingerprint density at radius 3 is 2.86 bits per heavy atom. The summed E-state index contributed by atoms with van der Waals surface area (Å²) in [5.74, 6) is 1.63. The molecule has 114 valence electrons. The molecule has 0 atom stereocenters. The molecular formula is C17H23ClN2O. The second-order valence-electron chi connectivity index (χ2n) is 5.95. The van der Waals surface area contributed by atoms with Crippen molar-refractivity contribution in [2.75, 3.05) is 19.8 Å². The number of hydrogen-bond acceptors (Lipinski definition) is 3. The minimum Gasteiger partial charge on any atom is -0.491 e. The van der Waals surface area contributed by atoms with E-state index in [4.69, 9.17) is 16.3 Å². The molecule has 1 N–H and O–H groups in total. The quantitative estimate of drug-likeness (QED) is 0.890. The van der Waals surface area contributed by atoms with Crippen LogP contribution in [-0.4, -0.2) is 25.5 Å². The molecule has 1 aliphatic heterocycles. The highest BCUT2D eigenvalue weighted by Gasteiger charge is 2.17. The van der Waals surface area contributed by atoms with Crippen molar-refractivity contribution < 1.29 is 4.74 Å². The van der Waals surface area contributed by atoms with Crippen LogP contribution in [0.3, 0.4) is 0 Å². The first kappa shape index (κ1) is 14.9. The summed E-state index contributed by atoms with van der Waals surface area (Å²) < 4.78 is 6.04. The number of benzene rings is 1. The van der Waals surface area contributed by atoms with Gasteiger partial charge in [-0.15, -0.1) is 0 Å². The second-order valence-corrected chi connectivity index (χ2v) is 6.35. The van der Waals surface area contributed by atoms with Gasteiger partial charge < -0.3 is 4.74 Å². The average Bonchev–Trinajstić information content (AvgIpc) is 3.04. The lowest BCUT2D eigenvalue weighted by Crippen LogP contribution is -2.16. The van der Waals surface area contributed by atoms with E-state index in [1.165, 1.54) is 32.1 Å². The van der Waals surface area contributed by atoms with Gasteiger partial charge in [0.1, 0.15) is 5.75 Å². The number of ether oxygens (including phenoxy) is 1. The molecule has 2 aliphatic rings. The largest absolute Gasteiger partial charge is 0.491 e. The Bertz CT molecular complexity index is 510. The number of halogens is 1. The van der Waals surface area contributed by atoms with E-state index in [0.29, 0.717) is 11.7 Å². The summed E-state index contributed by atoms with van der Waals surface area (Å²) in [5, 5.41) is 3.91. The molecule has 0 unspecified atom stereocenters. The lowest BCUT2D eigenvalue weighted by Gasteiger charge is -2.22. The van der Waals surface area contributed by atoms with Gasteiger partial charge in [-0.2, -0.15) is 0 Å². The van der Waals surface area contributed by atoms with E-state index in [2.05, 4.69) is 10.3 Å². The normalized spacial score (nSPS) is 19.6. The Balaban J connectivity index is 1.63. The van der Waals surface area contributed by atoms with Crippen LogP contribution in [-0.2, 0) is 0 Å². The number of rotatable bonds is 5. The van der Waals surface area contributed by atoms with Crippen LogP contribution in [0.5, 0.6) is 5.75 Å². The molecular weight excluding hydrogens is 284 g/mol. The van der Waals surface area contributed by atoms with Crippen LogP contribution in [0.1, 0.15) is 44.1 Å². The minimum atomic E-state index is 0.684. The standard InChI is InChI=1S/C17H23ClN2O/c18-15-8-4-7-14(16-11-19-12-20-16)17(15)21-10-9-13-5-2-1-3-6-13/h4,7-8,13,19H,1-3,5-6,9-12H2. The predicted molar refractivity (Wildman–Crippen MR) is 87.5 cm³/mol. The minimum absolute atomic E-state index is 0.684. The molecule has 1 saturated carbocycles. The second kappa shape index (κ2) is 7.28. The van der Waals surface area contributed by atoms with Gasteiger partial charge in [-0.05, 0) is 24.5 Å². The molecule has 3 nitrogen and oxygen atoms in total. The lowest BCUT2D eigenvalue weighted by molar-refractivity contribution is 0.246. The first-order chi connectivity index (χ1) is 10.3. The molecule has 1 aromatic carbocycles. The van der Waals surface area contributed by atoms with Crippen molar-refractivity contribution in [3.8, 4) is 5.75 Å². The molecule has 0 saturated heterocycles. The molecule has 1 aliphatic carbocycles. The predicted octanol–water partition coefficient (Wildman–Crippen LogP) is 4.04. The summed E-state index contributed by atoms with van der Waals surface area (Å²) in [6, 6.07) is 5.91. The zero-order valence-electron chi connectivity index (χ0n) is 12.4. The third-order valence-corrected chi connectivity index (χ3v) is 4.75. The molecule has 0 aromatic heterocycles. The van der Waals surface area contributed by atoms with Crippen LogP contribution in [0.4, 0.5) is 0 Å². The molecule has 3 rings (SSSR count). The fourth-order valence-corrected chi connectivity index (χ4v) is 3.48. The molecule has 0 amide bonds. The number of para-hydroxylation sites is 1. The topological polar surface area (TPSA) is 33.6 Å². The van der Waals surface area contributed by atoms with E-state index in [-0.39, 0.29) is 0 Å². The smallest absolute Gasteiger partial charge is 0.146 e. The van der Waals surface area contributed by atoms with Gasteiger partial charge in [0.2, 0.25) is 0 Å². The summed E-state index contributed by atoms with van der Waals surface area (Å²) >= 11 is 6.33. The molecule has 1 heterocycles. The average molecular weight is 307 g/mol. The highest BCUT2D eigenvalue weighted by molar-refractivity contribution is 6.32. The van der Waals surface area contributed by atoms with Gasteiger partial charge in [-0.25, -0.2) is 0 Å². The van der Waals surface area contributed by atoms with Crippen molar-refractivity contribution in [1.82, 2.24) is 5.32 Å². The zero-order chi connectivity index (χ0) is 14.5. The van der Waals surface area contributed by atoms with Crippen molar-refractivity contribution in [3.63, 3.8) is 0 Å². The summed E-state index contributed by atoms with van der Waals surface area (Å²) in [4.78, 5) is 4.47. The van der Waals surface area contributed by atoms with Gasteiger partial charge in [0.15, 0.2) is 0 Å². The molecule has 0 bridgehead atoms. The van der Waals surface area contributed by atoms with Gasteiger partial charge >= 0.3 is 0 Å². The fourth-order valence-electron chi connectivity index (χ4n) is 3.25. The van der Waals surface area contributed by atoms with Crippen LogP contribution in [0.2, 0.25) is 5.02 Å². The monoisotopic (exact) mass is 306 g/mol. The molecule has 4 heteroatoms. The summed E-state index contributed by atoms with van der Waals surface area (Å²) in [7, 11) is 0. The molecule has 0 spiro atoms. The van der Waals surface area contributed by atoms with Crippen LogP contribution in [0.15, 0.2) is 23.2 Å². The fraction of sp³-hybridized carbons (Fsp3) is 0.588. The van der Waals surface area contributed by atoms with Gasteiger partial charge in [-0.3, -0.25) is 10.3 Å². The van der Waals surface area contributed by atoms with Crippen LogP contribution >= 0.6 is 11.6 Å². The van der Waals surface area contributed by atoms with Gasteiger partial charge in [0, 0.05) is 12.1 Å². The number of nitrogens with zero attached hydrogens (tertiary/aromatic N) is 1. The van der Waals surface area contributed by atoms with Crippen molar-refractivity contribution >= 4 is 17.3 Å². The zero-order valence-corrected chi connectivity index (χ0v) is 13.2. The highest BCUT2D eigenvalue weighted by atomic mass is 35.5. The van der Waals surface area contributed by atoms with Crippen molar-refractivity contribution in [3.05, 3.63) is 28.8 Å². The maximum absolute atomic E-state index is 6.33.